The normalized spacial score (nSPS) is 22.0. The van der Waals surface area contributed by atoms with Crippen molar-refractivity contribution in [3.8, 4) is 22.5 Å². The van der Waals surface area contributed by atoms with E-state index in [0.717, 1.165) is 46.4 Å². The van der Waals surface area contributed by atoms with E-state index in [9.17, 15) is 9.90 Å². The number of likely N-dealkylation sites (N-methyl/N-ethyl adjacent to an activating group) is 1. The highest BCUT2D eigenvalue weighted by Crippen LogP contribution is 2.46. The van der Waals surface area contributed by atoms with Crippen molar-refractivity contribution < 1.29 is 9.90 Å². The van der Waals surface area contributed by atoms with Gasteiger partial charge < -0.3 is 16.2 Å². The summed E-state index contributed by atoms with van der Waals surface area (Å²) in [5.74, 6) is 0.356. The number of aliphatic hydroxyl groups is 1. The fraction of sp³-hybridized carbons (Fsp3) is 0.360. The third-order valence-corrected chi connectivity index (χ3v) is 7.07. The average Bonchev–Trinajstić information content (AvgIpc) is 3.40. The number of nitrogens with two attached hydrogens (primary N) is 1. The minimum atomic E-state index is -0.722. The van der Waals surface area contributed by atoms with E-state index in [1.165, 1.54) is 6.33 Å². The highest BCUT2D eigenvalue weighted by atomic mass is 16.3. The molecule has 0 bridgehead atoms. The first-order valence-electron chi connectivity index (χ1n) is 11.7. The summed E-state index contributed by atoms with van der Waals surface area (Å²) in [6.07, 6.45) is 5.87. The first-order valence-corrected chi connectivity index (χ1v) is 11.7. The Hall–Kier alpha value is -3.72. The van der Waals surface area contributed by atoms with Crippen LogP contribution < -0.4 is 11.1 Å². The Morgan fingerprint density at radius 3 is 2.76 bits per heavy atom. The van der Waals surface area contributed by atoms with Gasteiger partial charge in [0.05, 0.1) is 28.9 Å². The molecule has 0 atom stereocenters. The maximum atomic E-state index is 13.0. The number of anilines is 1. The smallest absolute Gasteiger partial charge is 0.230 e. The Morgan fingerprint density at radius 2 is 2.03 bits per heavy atom. The van der Waals surface area contributed by atoms with Gasteiger partial charge in [0.2, 0.25) is 5.91 Å². The van der Waals surface area contributed by atoms with Crippen LogP contribution >= 0.6 is 0 Å². The van der Waals surface area contributed by atoms with Crippen LogP contribution in [0.15, 0.2) is 48.9 Å². The van der Waals surface area contributed by atoms with Crippen LogP contribution in [0.1, 0.15) is 44.2 Å². The van der Waals surface area contributed by atoms with E-state index in [4.69, 9.17) is 5.73 Å². The summed E-state index contributed by atoms with van der Waals surface area (Å²) in [6, 6.07) is 12.4. The van der Waals surface area contributed by atoms with Gasteiger partial charge in [-0.2, -0.15) is 10.2 Å². The number of rotatable bonds is 6. The first kappa shape index (κ1) is 20.9. The van der Waals surface area contributed by atoms with Crippen LogP contribution in [0.5, 0.6) is 0 Å². The number of hydrogen-bond acceptors (Lipinski definition) is 6. The van der Waals surface area contributed by atoms with Crippen molar-refractivity contribution in [2.75, 3.05) is 12.3 Å². The van der Waals surface area contributed by atoms with Gasteiger partial charge >= 0.3 is 0 Å². The summed E-state index contributed by atoms with van der Waals surface area (Å²) in [7, 11) is 0. The second-order valence-corrected chi connectivity index (χ2v) is 9.33. The molecule has 2 aliphatic carbocycles. The number of fused-ring (bicyclic) bond motifs is 1. The van der Waals surface area contributed by atoms with Crippen LogP contribution in [0.2, 0.25) is 0 Å². The average molecular weight is 458 g/mol. The standard InChI is InChI=1S/C25H27N7O2/c1-2-27-24(34)25(12-18(33)13-25)16-5-3-4-15(10-16)21-11-19(22-23(26)28-14-30-32(21)22)20-8-9-29-31(20)17-6-7-17/h3-5,8-11,14,17-18,33H,2,6-7,12-13H2,1H3,(H,27,34)(H2,26,28,30). The van der Waals surface area contributed by atoms with Gasteiger partial charge in [0, 0.05) is 23.9 Å². The lowest BCUT2D eigenvalue weighted by Crippen LogP contribution is -2.55. The molecule has 3 heterocycles. The van der Waals surface area contributed by atoms with E-state index in [-0.39, 0.29) is 5.91 Å². The Bertz CT molecular complexity index is 1400. The molecule has 0 unspecified atom stereocenters. The molecule has 9 nitrogen and oxygen atoms in total. The maximum absolute atomic E-state index is 13.0. The zero-order valence-corrected chi connectivity index (χ0v) is 19.0. The molecule has 4 aromatic rings. The molecule has 0 aliphatic heterocycles. The summed E-state index contributed by atoms with van der Waals surface area (Å²) in [6.45, 7) is 2.45. The molecule has 3 aromatic heterocycles. The predicted molar refractivity (Wildman–Crippen MR) is 128 cm³/mol. The number of benzene rings is 1. The van der Waals surface area contributed by atoms with Gasteiger partial charge in [-0.1, -0.05) is 18.2 Å². The van der Waals surface area contributed by atoms with Gasteiger partial charge in [0.1, 0.15) is 11.8 Å². The number of carbonyl (C=O) groups is 1. The highest BCUT2D eigenvalue weighted by molar-refractivity contribution is 5.92. The predicted octanol–water partition coefficient (Wildman–Crippen LogP) is 2.71. The molecule has 9 heteroatoms. The van der Waals surface area contributed by atoms with Crippen LogP contribution in [0.4, 0.5) is 5.82 Å². The van der Waals surface area contributed by atoms with Crippen LogP contribution in [0.25, 0.3) is 28.0 Å². The molecule has 34 heavy (non-hydrogen) atoms. The number of aromatic nitrogens is 5. The van der Waals surface area contributed by atoms with Gasteiger partial charge in [-0.3, -0.25) is 9.48 Å². The molecule has 2 aliphatic rings. The molecule has 174 valence electrons. The first-order chi connectivity index (χ1) is 16.5. The number of nitrogen functional groups attached to an aromatic ring is 1. The third-order valence-electron chi connectivity index (χ3n) is 7.07. The highest BCUT2D eigenvalue weighted by Gasteiger charge is 2.50. The number of aliphatic hydroxyl groups excluding tert-OH is 1. The zero-order valence-electron chi connectivity index (χ0n) is 19.0. The van der Waals surface area contributed by atoms with Gasteiger partial charge in [-0.25, -0.2) is 9.50 Å². The van der Waals surface area contributed by atoms with Crippen molar-refractivity contribution in [1.29, 1.82) is 0 Å². The van der Waals surface area contributed by atoms with Crippen molar-refractivity contribution in [3.05, 3.63) is 54.5 Å². The van der Waals surface area contributed by atoms with Gasteiger partial charge in [0.15, 0.2) is 5.82 Å². The lowest BCUT2D eigenvalue weighted by molar-refractivity contribution is -0.135. The van der Waals surface area contributed by atoms with E-state index in [1.807, 2.05) is 48.0 Å². The Kier molecular flexibility index (Phi) is 4.70. The number of carbonyl (C=O) groups excluding carboxylic acids is 1. The van der Waals surface area contributed by atoms with E-state index in [1.54, 1.807) is 0 Å². The Morgan fingerprint density at radius 1 is 1.21 bits per heavy atom. The van der Waals surface area contributed by atoms with Gasteiger partial charge in [-0.05, 0) is 56.4 Å². The van der Waals surface area contributed by atoms with E-state index < -0.39 is 11.5 Å². The summed E-state index contributed by atoms with van der Waals surface area (Å²) in [4.78, 5) is 17.2. The fourth-order valence-electron chi connectivity index (χ4n) is 5.21. The SMILES string of the molecule is CCNC(=O)C1(c2cccc(-c3cc(-c4ccnn4C4CC4)c4c(N)ncnn34)c2)CC(O)C1. The van der Waals surface area contributed by atoms with Crippen molar-refractivity contribution >= 4 is 17.2 Å². The summed E-state index contributed by atoms with van der Waals surface area (Å²) in [5.41, 5.74) is 10.9. The lowest BCUT2D eigenvalue weighted by Gasteiger charge is -2.44. The second-order valence-electron chi connectivity index (χ2n) is 9.33. The van der Waals surface area contributed by atoms with Gasteiger partial charge in [-0.15, -0.1) is 0 Å². The molecule has 1 aromatic carbocycles. The number of nitrogens with one attached hydrogen (secondary N) is 1. The molecule has 0 radical (unpaired) electrons. The molecular formula is C25H27N7O2. The van der Waals surface area contributed by atoms with Gasteiger partial charge in [0.25, 0.3) is 0 Å². The van der Waals surface area contributed by atoms with Crippen molar-refractivity contribution in [3.63, 3.8) is 0 Å². The van der Waals surface area contributed by atoms with Crippen molar-refractivity contribution in [2.24, 2.45) is 0 Å². The number of amides is 1. The minimum absolute atomic E-state index is 0.0435. The van der Waals surface area contributed by atoms with Crippen molar-refractivity contribution in [1.82, 2.24) is 29.7 Å². The molecule has 0 saturated heterocycles. The van der Waals surface area contributed by atoms with Crippen LogP contribution in [0.3, 0.4) is 0 Å². The Balaban J connectivity index is 1.50. The van der Waals surface area contributed by atoms with E-state index in [0.29, 0.717) is 31.2 Å². The fourth-order valence-corrected chi connectivity index (χ4v) is 5.21. The quantitative estimate of drug-likeness (QED) is 0.409. The summed E-state index contributed by atoms with van der Waals surface area (Å²) >= 11 is 0. The van der Waals surface area contributed by atoms with Crippen LogP contribution in [-0.4, -0.2) is 48.0 Å². The molecule has 2 saturated carbocycles. The molecule has 4 N–H and O–H groups in total. The Labute approximate surface area is 196 Å². The topological polar surface area (TPSA) is 123 Å². The largest absolute Gasteiger partial charge is 0.393 e. The molecule has 2 fully saturated rings. The zero-order chi connectivity index (χ0) is 23.4. The summed E-state index contributed by atoms with van der Waals surface area (Å²) in [5, 5.41) is 22.1. The molecular weight excluding hydrogens is 430 g/mol. The van der Waals surface area contributed by atoms with Crippen LogP contribution in [-0.2, 0) is 10.2 Å². The number of hydrogen-bond donors (Lipinski definition) is 3. The molecule has 6 rings (SSSR count). The lowest BCUT2D eigenvalue weighted by atomic mass is 9.62. The van der Waals surface area contributed by atoms with E-state index >= 15 is 0 Å². The maximum Gasteiger partial charge on any atom is 0.230 e. The third kappa shape index (κ3) is 3.11. The summed E-state index contributed by atoms with van der Waals surface area (Å²) < 4.78 is 3.87. The molecule has 0 spiro atoms. The van der Waals surface area contributed by atoms with E-state index in [2.05, 4.69) is 31.2 Å². The monoisotopic (exact) mass is 457 g/mol. The second kappa shape index (κ2) is 7.66. The number of nitrogens with zero attached hydrogens (tertiary/aromatic N) is 5. The minimum Gasteiger partial charge on any atom is -0.393 e. The van der Waals surface area contributed by atoms with Crippen molar-refractivity contribution in [2.45, 2.75) is 50.2 Å². The van der Waals surface area contributed by atoms with Crippen LogP contribution in [0, 0.1) is 0 Å². The molecule has 1 amide bonds.